The summed E-state index contributed by atoms with van der Waals surface area (Å²) in [5.41, 5.74) is 7.44. The van der Waals surface area contributed by atoms with E-state index in [0.717, 1.165) is 11.3 Å². The Bertz CT molecular complexity index is 676. The van der Waals surface area contributed by atoms with Crippen LogP contribution in [0.1, 0.15) is 32.2 Å². The molecule has 2 aromatic rings. The number of hydrogen-bond donors (Lipinski definition) is 2. The average Bonchev–Trinajstić information content (AvgIpc) is 2.93. The van der Waals surface area contributed by atoms with Crippen LogP contribution in [0.2, 0.25) is 0 Å². The van der Waals surface area contributed by atoms with Gasteiger partial charge in [-0.15, -0.1) is 0 Å². The van der Waals surface area contributed by atoms with Crippen LogP contribution in [0.3, 0.4) is 0 Å². The van der Waals surface area contributed by atoms with E-state index in [4.69, 9.17) is 10.2 Å². The summed E-state index contributed by atoms with van der Waals surface area (Å²) in [5.74, 6) is -0.203. The lowest BCUT2D eigenvalue weighted by Gasteiger charge is -2.09. The highest BCUT2D eigenvalue weighted by atomic mass is 16.5. The fraction of sp³-hybridized carbons (Fsp3) is 0.200. The molecule has 0 aliphatic heterocycles. The number of carbonyl (C=O) groups excluding carboxylic acids is 2. The Hall–Kier alpha value is -2.76. The fourth-order valence-corrected chi connectivity index (χ4v) is 1.88. The minimum atomic E-state index is -0.511. The Morgan fingerprint density at radius 1 is 1.29 bits per heavy atom. The van der Waals surface area contributed by atoms with Crippen LogP contribution in [0.5, 0.6) is 0 Å². The smallest absolute Gasteiger partial charge is 0.373 e. The molecule has 2 rings (SSSR count). The van der Waals surface area contributed by atoms with Gasteiger partial charge >= 0.3 is 5.97 Å². The first-order valence-corrected chi connectivity index (χ1v) is 6.32. The van der Waals surface area contributed by atoms with Gasteiger partial charge in [-0.2, -0.15) is 0 Å². The fourth-order valence-electron chi connectivity index (χ4n) is 1.88. The molecule has 1 amide bonds. The summed E-state index contributed by atoms with van der Waals surface area (Å²) in [6.45, 7) is 2.28. The van der Waals surface area contributed by atoms with Crippen LogP contribution in [0, 0.1) is 6.92 Å². The highest BCUT2D eigenvalue weighted by molar-refractivity contribution is 5.93. The van der Waals surface area contributed by atoms with E-state index in [2.05, 4.69) is 10.1 Å². The number of primary amides is 1. The Morgan fingerprint density at radius 2 is 2.05 bits per heavy atom. The molecule has 0 aliphatic carbocycles. The standard InChI is InChI=1S/C15H16N2O4/c1-9-7-10(14(16)18)3-5-12(9)17-8-11-4-6-13(21-11)15(19)20-2/h3-7,17H,8H2,1-2H3,(H2,16,18). The van der Waals surface area contributed by atoms with Gasteiger partial charge in [0.1, 0.15) is 5.76 Å². The van der Waals surface area contributed by atoms with E-state index in [9.17, 15) is 9.59 Å². The largest absolute Gasteiger partial charge is 0.463 e. The molecule has 1 heterocycles. The molecule has 21 heavy (non-hydrogen) atoms. The molecule has 6 heteroatoms. The van der Waals surface area contributed by atoms with Crippen LogP contribution in [-0.2, 0) is 11.3 Å². The van der Waals surface area contributed by atoms with E-state index >= 15 is 0 Å². The number of methoxy groups -OCH3 is 1. The van der Waals surface area contributed by atoms with Gasteiger partial charge in [0, 0.05) is 11.3 Å². The quantitative estimate of drug-likeness (QED) is 0.821. The monoisotopic (exact) mass is 288 g/mol. The first kappa shape index (κ1) is 14.6. The average molecular weight is 288 g/mol. The predicted molar refractivity (Wildman–Crippen MR) is 77.1 cm³/mol. The minimum Gasteiger partial charge on any atom is -0.463 e. The van der Waals surface area contributed by atoms with Gasteiger partial charge in [0.15, 0.2) is 0 Å². The zero-order valence-corrected chi connectivity index (χ0v) is 11.8. The number of rotatable bonds is 5. The third-order valence-electron chi connectivity index (χ3n) is 3.01. The van der Waals surface area contributed by atoms with E-state index in [0.29, 0.717) is 17.9 Å². The molecule has 0 bridgehead atoms. The van der Waals surface area contributed by atoms with Crippen LogP contribution in [-0.4, -0.2) is 19.0 Å². The predicted octanol–water partition coefficient (Wildman–Crippen LogP) is 2.09. The Balaban J connectivity index is 2.04. The van der Waals surface area contributed by atoms with Gasteiger partial charge in [0.2, 0.25) is 11.7 Å². The van der Waals surface area contributed by atoms with Crippen molar-refractivity contribution >= 4 is 17.6 Å². The number of anilines is 1. The Kier molecular flexibility index (Phi) is 4.27. The molecule has 0 radical (unpaired) electrons. The third-order valence-corrected chi connectivity index (χ3v) is 3.01. The third kappa shape index (κ3) is 3.42. The molecular formula is C15H16N2O4. The van der Waals surface area contributed by atoms with Gasteiger partial charge in [0.25, 0.3) is 0 Å². The van der Waals surface area contributed by atoms with Crippen molar-refractivity contribution in [3.05, 3.63) is 53.0 Å². The van der Waals surface area contributed by atoms with E-state index < -0.39 is 11.9 Å². The lowest BCUT2D eigenvalue weighted by Crippen LogP contribution is -2.11. The molecule has 6 nitrogen and oxygen atoms in total. The van der Waals surface area contributed by atoms with Gasteiger partial charge in [-0.3, -0.25) is 4.79 Å². The molecule has 1 aromatic heterocycles. The molecule has 0 aliphatic rings. The van der Waals surface area contributed by atoms with Crippen LogP contribution in [0.15, 0.2) is 34.7 Å². The number of hydrogen-bond acceptors (Lipinski definition) is 5. The lowest BCUT2D eigenvalue weighted by molar-refractivity contribution is 0.0563. The number of benzene rings is 1. The van der Waals surface area contributed by atoms with Crippen LogP contribution < -0.4 is 11.1 Å². The number of aryl methyl sites for hydroxylation is 1. The normalized spacial score (nSPS) is 10.2. The first-order valence-electron chi connectivity index (χ1n) is 6.32. The number of amides is 1. The number of carbonyl (C=O) groups is 2. The summed E-state index contributed by atoms with van der Waals surface area (Å²) in [6, 6.07) is 8.41. The van der Waals surface area contributed by atoms with Crippen LogP contribution in [0.4, 0.5) is 5.69 Å². The second-order valence-corrected chi connectivity index (χ2v) is 4.51. The van der Waals surface area contributed by atoms with Crippen molar-refractivity contribution in [2.45, 2.75) is 13.5 Å². The zero-order valence-electron chi connectivity index (χ0n) is 11.8. The summed E-state index contributed by atoms with van der Waals surface area (Å²) < 4.78 is 9.92. The topological polar surface area (TPSA) is 94.6 Å². The minimum absolute atomic E-state index is 0.162. The van der Waals surface area contributed by atoms with Crippen LogP contribution >= 0.6 is 0 Å². The highest BCUT2D eigenvalue weighted by Gasteiger charge is 2.11. The molecule has 0 unspecified atom stereocenters. The maximum Gasteiger partial charge on any atom is 0.373 e. The maximum absolute atomic E-state index is 11.3. The van der Waals surface area contributed by atoms with Gasteiger partial charge < -0.3 is 20.2 Å². The van der Waals surface area contributed by atoms with E-state index in [1.165, 1.54) is 7.11 Å². The molecule has 1 aromatic carbocycles. The second kappa shape index (κ2) is 6.13. The van der Waals surface area contributed by atoms with E-state index in [1.54, 1.807) is 30.3 Å². The van der Waals surface area contributed by atoms with Crippen molar-refractivity contribution in [1.82, 2.24) is 0 Å². The molecule has 0 saturated heterocycles. The molecule has 110 valence electrons. The van der Waals surface area contributed by atoms with E-state index in [-0.39, 0.29) is 5.76 Å². The molecule has 0 atom stereocenters. The molecule has 3 N–H and O–H groups in total. The molecule has 0 saturated carbocycles. The first-order chi connectivity index (χ1) is 10.0. The van der Waals surface area contributed by atoms with Gasteiger partial charge in [-0.25, -0.2) is 4.79 Å². The van der Waals surface area contributed by atoms with Gasteiger partial charge in [-0.1, -0.05) is 0 Å². The summed E-state index contributed by atoms with van der Waals surface area (Å²) in [7, 11) is 1.30. The number of ether oxygens (including phenoxy) is 1. The van der Waals surface area contributed by atoms with Crippen molar-refractivity contribution in [2.24, 2.45) is 5.73 Å². The Morgan fingerprint density at radius 3 is 2.67 bits per heavy atom. The maximum atomic E-state index is 11.3. The van der Waals surface area contributed by atoms with Crippen molar-refractivity contribution < 1.29 is 18.7 Å². The molecule has 0 fully saturated rings. The van der Waals surface area contributed by atoms with Crippen LogP contribution in [0.25, 0.3) is 0 Å². The lowest BCUT2D eigenvalue weighted by atomic mass is 10.1. The van der Waals surface area contributed by atoms with Crippen molar-refractivity contribution in [2.75, 3.05) is 12.4 Å². The number of nitrogens with one attached hydrogen (secondary N) is 1. The number of esters is 1. The SMILES string of the molecule is COC(=O)c1ccc(CNc2ccc(C(N)=O)cc2C)o1. The van der Waals surface area contributed by atoms with Gasteiger partial charge in [-0.05, 0) is 42.8 Å². The summed E-state index contributed by atoms with van der Waals surface area (Å²) in [4.78, 5) is 22.4. The molecular weight excluding hydrogens is 272 g/mol. The van der Waals surface area contributed by atoms with Crippen molar-refractivity contribution in [1.29, 1.82) is 0 Å². The summed E-state index contributed by atoms with van der Waals surface area (Å²) >= 11 is 0. The number of nitrogens with two attached hydrogens (primary N) is 1. The van der Waals surface area contributed by atoms with Crippen molar-refractivity contribution in [3.63, 3.8) is 0 Å². The van der Waals surface area contributed by atoms with Crippen molar-refractivity contribution in [3.8, 4) is 0 Å². The van der Waals surface area contributed by atoms with Gasteiger partial charge in [0.05, 0.1) is 13.7 Å². The number of furan rings is 1. The summed E-state index contributed by atoms with van der Waals surface area (Å²) in [5, 5.41) is 3.17. The second-order valence-electron chi connectivity index (χ2n) is 4.51. The highest BCUT2D eigenvalue weighted by Crippen LogP contribution is 2.18. The Labute approximate surface area is 121 Å². The van der Waals surface area contributed by atoms with E-state index in [1.807, 2.05) is 6.92 Å². The summed E-state index contributed by atoms with van der Waals surface area (Å²) in [6.07, 6.45) is 0. The molecule has 0 spiro atoms. The zero-order chi connectivity index (χ0) is 15.4.